The number of hydrogen-bond donors (Lipinski definition) is 3. The van der Waals surface area contributed by atoms with Gasteiger partial charge in [0.2, 0.25) is 5.78 Å². The zero-order valence-corrected chi connectivity index (χ0v) is 27.2. The van der Waals surface area contributed by atoms with Crippen LogP contribution in [0.4, 0.5) is 0 Å². The van der Waals surface area contributed by atoms with Crippen molar-refractivity contribution in [1.82, 2.24) is 24.6 Å². The van der Waals surface area contributed by atoms with Crippen molar-refractivity contribution in [2.45, 2.75) is 110 Å². The lowest BCUT2D eigenvalue weighted by atomic mass is 9.91. The molecule has 0 bridgehead atoms. The molecule has 0 spiro atoms. The van der Waals surface area contributed by atoms with Crippen molar-refractivity contribution in [3.63, 3.8) is 0 Å². The number of aliphatic imine (C=N–C) groups is 1. The molecule has 0 amide bonds. The third-order valence-corrected chi connectivity index (χ3v) is 9.21. The van der Waals surface area contributed by atoms with Crippen molar-refractivity contribution in [3.8, 4) is 11.1 Å². The van der Waals surface area contributed by atoms with E-state index in [2.05, 4.69) is 29.5 Å². The monoisotopic (exact) mass is 628 g/mol. The van der Waals surface area contributed by atoms with E-state index in [0.29, 0.717) is 30.3 Å². The van der Waals surface area contributed by atoms with Crippen LogP contribution in [0.3, 0.4) is 0 Å². The summed E-state index contributed by atoms with van der Waals surface area (Å²) >= 11 is 0. The van der Waals surface area contributed by atoms with Gasteiger partial charge in [-0.3, -0.25) is 9.36 Å². The molecule has 0 radical (unpaired) electrons. The molecule has 1 aliphatic carbocycles. The Morgan fingerprint density at radius 3 is 2.41 bits per heavy atom. The Balaban J connectivity index is 1.31. The van der Waals surface area contributed by atoms with Gasteiger partial charge in [-0.2, -0.15) is 10.1 Å². The average molecular weight is 629 g/mol. The molecule has 11 heteroatoms. The first-order valence-corrected chi connectivity index (χ1v) is 16.3. The summed E-state index contributed by atoms with van der Waals surface area (Å²) in [5, 5.41) is 24.8. The molecule has 2 aromatic heterocycles. The third kappa shape index (κ3) is 6.50. The van der Waals surface area contributed by atoms with Gasteiger partial charge < -0.3 is 14.9 Å². The van der Waals surface area contributed by atoms with E-state index < -0.39 is 12.0 Å². The van der Waals surface area contributed by atoms with Gasteiger partial charge in [0, 0.05) is 23.6 Å². The smallest absolute Gasteiger partial charge is 0.280 e. The number of amidine groups is 1. The van der Waals surface area contributed by atoms with E-state index in [1.165, 1.54) is 0 Å². The fourth-order valence-corrected chi connectivity index (χ4v) is 6.47. The molecule has 46 heavy (non-hydrogen) atoms. The molecular formula is C35H44N6O5. The molecule has 11 nitrogen and oxygen atoms in total. The van der Waals surface area contributed by atoms with E-state index >= 15 is 0 Å². The lowest BCUT2D eigenvalue weighted by Gasteiger charge is -2.35. The van der Waals surface area contributed by atoms with E-state index in [1.54, 1.807) is 13.8 Å². The van der Waals surface area contributed by atoms with Gasteiger partial charge in [0.25, 0.3) is 12.0 Å². The normalized spacial score (nSPS) is 20.9. The maximum atomic E-state index is 14.5. The summed E-state index contributed by atoms with van der Waals surface area (Å²) in [6.45, 7) is 9.43. The number of benzene rings is 2. The Hall–Kier alpha value is -3.90. The SMILES string of the molecule is CCCc1c(Cc2ccc(-c3ccccc3C3=NC(O)ON3)cc2)c(=O)n(C2CCC(OC(C)C(C)(C)O)CC2)c2nc(C)nn12. The number of nitrogens with zero attached hydrogens (tertiary/aromatic N) is 5. The van der Waals surface area contributed by atoms with Crippen LogP contribution in [0.1, 0.15) is 94.0 Å². The number of aliphatic hydroxyl groups is 2. The highest BCUT2D eigenvalue weighted by Gasteiger charge is 2.32. The minimum Gasteiger partial charge on any atom is -0.388 e. The highest BCUT2D eigenvalue weighted by Crippen LogP contribution is 2.33. The molecule has 0 saturated heterocycles. The Morgan fingerprint density at radius 2 is 1.78 bits per heavy atom. The molecule has 3 heterocycles. The summed E-state index contributed by atoms with van der Waals surface area (Å²) in [7, 11) is 0. The summed E-state index contributed by atoms with van der Waals surface area (Å²) in [6.07, 6.45) is 3.77. The van der Waals surface area contributed by atoms with Gasteiger partial charge in [0.05, 0.1) is 23.5 Å². The van der Waals surface area contributed by atoms with E-state index in [0.717, 1.165) is 65.6 Å². The fourth-order valence-electron chi connectivity index (χ4n) is 6.47. The van der Waals surface area contributed by atoms with Crippen molar-refractivity contribution in [2.24, 2.45) is 4.99 Å². The number of hydrogen-bond acceptors (Lipinski definition) is 9. The van der Waals surface area contributed by atoms with Gasteiger partial charge in [-0.05, 0) is 76.5 Å². The highest BCUT2D eigenvalue weighted by atomic mass is 16.7. The van der Waals surface area contributed by atoms with Gasteiger partial charge in [-0.1, -0.05) is 61.9 Å². The van der Waals surface area contributed by atoms with Crippen LogP contribution in [0.5, 0.6) is 0 Å². The Morgan fingerprint density at radius 1 is 1.09 bits per heavy atom. The fraction of sp³-hybridized carbons (Fsp3) is 0.486. The van der Waals surface area contributed by atoms with Gasteiger partial charge >= 0.3 is 0 Å². The maximum Gasteiger partial charge on any atom is 0.280 e. The van der Waals surface area contributed by atoms with Gasteiger partial charge in [0.1, 0.15) is 5.82 Å². The third-order valence-electron chi connectivity index (χ3n) is 9.21. The molecule has 244 valence electrons. The molecule has 4 aromatic rings. The van der Waals surface area contributed by atoms with E-state index in [1.807, 2.05) is 59.3 Å². The zero-order chi connectivity index (χ0) is 32.6. The Labute approximate surface area is 268 Å². The molecule has 3 N–H and O–H groups in total. The first-order chi connectivity index (χ1) is 22.0. The molecule has 2 aliphatic rings. The summed E-state index contributed by atoms with van der Waals surface area (Å²) in [5.41, 5.74) is 7.21. The standard InChI is InChI=1S/C35H44N6O5/c1-6-9-30-29(20-23-12-14-24(15-13-23)27-10-7-8-11-28(27)31-37-34(43)46-39-31)32(42)40(33-36-22(3)38-41(30)33)25-16-18-26(19-17-25)45-21(2)35(4,5)44/h7-8,10-15,21,25-26,34,43-44H,6,9,16-20H2,1-5H3,(H,37,39). The second-order valence-electron chi connectivity index (χ2n) is 13.0. The molecule has 2 atom stereocenters. The lowest BCUT2D eigenvalue weighted by molar-refractivity contribution is -0.118. The number of aryl methyl sites for hydroxylation is 2. The average Bonchev–Trinajstić information content (AvgIpc) is 3.64. The van der Waals surface area contributed by atoms with E-state index in [9.17, 15) is 15.0 Å². The van der Waals surface area contributed by atoms with Crippen LogP contribution >= 0.6 is 0 Å². The van der Waals surface area contributed by atoms with Crippen molar-refractivity contribution >= 4 is 11.6 Å². The summed E-state index contributed by atoms with van der Waals surface area (Å²) in [4.78, 5) is 28.3. The number of rotatable bonds is 10. The number of hydroxylamine groups is 1. The summed E-state index contributed by atoms with van der Waals surface area (Å²) in [5.74, 6) is 1.72. The number of aromatic nitrogens is 4. The number of aliphatic hydroxyl groups excluding tert-OH is 1. The van der Waals surface area contributed by atoms with Crippen LogP contribution in [0.2, 0.25) is 0 Å². The van der Waals surface area contributed by atoms with Crippen molar-refractivity contribution in [1.29, 1.82) is 0 Å². The molecule has 2 unspecified atom stereocenters. The van der Waals surface area contributed by atoms with Crippen LogP contribution in [-0.2, 0) is 22.4 Å². The number of ether oxygens (including phenoxy) is 1. The van der Waals surface area contributed by atoms with Crippen LogP contribution < -0.4 is 11.0 Å². The lowest BCUT2D eigenvalue weighted by Crippen LogP contribution is -2.40. The Bertz CT molecular complexity index is 1780. The number of fused-ring (bicyclic) bond motifs is 1. The van der Waals surface area contributed by atoms with E-state index in [4.69, 9.17) is 19.7 Å². The van der Waals surface area contributed by atoms with Crippen molar-refractivity contribution in [3.05, 3.63) is 87.1 Å². The molecular weight excluding hydrogens is 584 g/mol. The highest BCUT2D eigenvalue weighted by molar-refractivity contribution is 6.04. The largest absolute Gasteiger partial charge is 0.388 e. The molecule has 1 fully saturated rings. The molecule has 1 saturated carbocycles. The van der Waals surface area contributed by atoms with Gasteiger partial charge in [-0.25, -0.2) is 19.8 Å². The molecule has 6 rings (SSSR count). The van der Waals surface area contributed by atoms with Crippen LogP contribution in [0.15, 0.2) is 58.3 Å². The van der Waals surface area contributed by atoms with E-state index in [-0.39, 0.29) is 23.8 Å². The van der Waals surface area contributed by atoms with Crippen molar-refractivity contribution in [2.75, 3.05) is 0 Å². The van der Waals surface area contributed by atoms with Gasteiger partial charge in [0.15, 0.2) is 5.84 Å². The number of nitrogens with one attached hydrogen (secondary N) is 1. The Kier molecular flexibility index (Phi) is 9.11. The predicted molar refractivity (Wildman–Crippen MR) is 176 cm³/mol. The summed E-state index contributed by atoms with van der Waals surface area (Å²) in [6, 6.07) is 16.0. The van der Waals surface area contributed by atoms with Crippen molar-refractivity contribution < 1.29 is 19.8 Å². The quantitative estimate of drug-likeness (QED) is 0.232. The first kappa shape index (κ1) is 32.1. The van der Waals surface area contributed by atoms with Gasteiger partial charge in [-0.15, -0.1) is 0 Å². The maximum absolute atomic E-state index is 14.5. The topological polar surface area (TPSA) is 136 Å². The van der Waals surface area contributed by atoms with Crippen LogP contribution in [0, 0.1) is 6.92 Å². The molecule has 2 aromatic carbocycles. The second-order valence-corrected chi connectivity index (χ2v) is 13.0. The summed E-state index contributed by atoms with van der Waals surface area (Å²) < 4.78 is 9.97. The first-order valence-electron chi connectivity index (χ1n) is 16.3. The zero-order valence-electron chi connectivity index (χ0n) is 27.2. The van der Waals surface area contributed by atoms with Crippen LogP contribution in [-0.4, -0.2) is 59.4 Å². The van der Waals surface area contributed by atoms with Crippen LogP contribution in [0.25, 0.3) is 16.9 Å². The predicted octanol–water partition coefficient (Wildman–Crippen LogP) is 4.63. The minimum absolute atomic E-state index is 0.00382. The molecule has 1 aliphatic heterocycles. The second kappa shape index (κ2) is 13.1. The minimum atomic E-state index is -1.23.